The van der Waals surface area contributed by atoms with Crippen molar-refractivity contribution in [2.75, 3.05) is 20.6 Å². The predicted octanol–water partition coefficient (Wildman–Crippen LogP) is 3.34. The average Bonchev–Trinajstić information content (AvgIpc) is 3.25. The van der Waals surface area contributed by atoms with E-state index >= 15 is 0 Å². The molecule has 5 heteroatoms. The third-order valence-corrected chi connectivity index (χ3v) is 6.04. The Labute approximate surface area is 162 Å². The fourth-order valence-electron chi connectivity index (χ4n) is 4.61. The molecule has 27 heavy (non-hydrogen) atoms. The summed E-state index contributed by atoms with van der Waals surface area (Å²) in [5.74, 6) is 1.30. The molecule has 0 saturated carbocycles. The Morgan fingerprint density at radius 2 is 2.04 bits per heavy atom. The van der Waals surface area contributed by atoms with Gasteiger partial charge in [0.05, 0.1) is 11.7 Å². The number of aromatic nitrogens is 2. The Hall–Kier alpha value is -2.14. The molecule has 0 radical (unpaired) electrons. The van der Waals surface area contributed by atoms with E-state index in [9.17, 15) is 4.79 Å². The van der Waals surface area contributed by atoms with Crippen molar-refractivity contribution in [1.29, 1.82) is 0 Å². The zero-order valence-corrected chi connectivity index (χ0v) is 16.7. The van der Waals surface area contributed by atoms with E-state index in [-0.39, 0.29) is 5.91 Å². The van der Waals surface area contributed by atoms with Gasteiger partial charge in [-0.25, -0.2) is 4.98 Å². The number of likely N-dealkylation sites (tertiary alicyclic amines) is 1. The zero-order valence-electron chi connectivity index (χ0n) is 16.7. The van der Waals surface area contributed by atoms with Gasteiger partial charge in [0.15, 0.2) is 0 Å². The van der Waals surface area contributed by atoms with Gasteiger partial charge in [0.25, 0.3) is 5.91 Å². The van der Waals surface area contributed by atoms with E-state index in [1.807, 2.05) is 18.2 Å². The standard InChI is InChI=1S/C22H30N4O/c1-24(2)22(27)17-9-6-8-16(14-17)15-26-13-7-12-20(26)21-23-18-10-4-5-11-19(18)25(21)3/h6,8-9,14,20H,4-5,7,10-13,15H2,1-3H3/t20-/m1/s1. The molecular weight excluding hydrogens is 336 g/mol. The quantitative estimate of drug-likeness (QED) is 0.833. The number of rotatable bonds is 4. The van der Waals surface area contributed by atoms with Crippen molar-refractivity contribution in [3.05, 3.63) is 52.6 Å². The van der Waals surface area contributed by atoms with Gasteiger partial charge in [-0.3, -0.25) is 9.69 Å². The molecule has 144 valence electrons. The monoisotopic (exact) mass is 366 g/mol. The number of nitrogens with zero attached hydrogens (tertiary/aromatic N) is 4. The van der Waals surface area contributed by atoms with Crippen LogP contribution in [0.3, 0.4) is 0 Å². The summed E-state index contributed by atoms with van der Waals surface area (Å²) in [6, 6.07) is 8.46. The molecule has 1 amide bonds. The van der Waals surface area contributed by atoms with Crippen LogP contribution in [0.2, 0.25) is 0 Å². The largest absolute Gasteiger partial charge is 0.345 e. The summed E-state index contributed by atoms with van der Waals surface area (Å²) >= 11 is 0. The highest BCUT2D eigenvalue weighted by Crippen LogP contribution is 2.34. The SMILES string of the molecule is CN(C)C(=O)c1cccc(CN2CCC[C@@H]2c2nc3c(n2C)CCCC3)c1. The molecule has 2 aromatic rings. The fraction of sp³-hybridized carbons (Fsp3) is 0.545. The van der Waals surface area contributed by atoms with Gasteiger partial charge in [-0.2, -0.15) is 0 Å². The summed E-state index contributed by atoms with van der Waals surface area (Å²) in [5, 5.41) is 0. The van der Waals surface area contributed by atoms with Gasteiger partial charge in [0.2, 0.25) is 0 Å². The number of hydrogen-bond acceptors (Lipinski definition) is 3. The Bertz CT molecular complexity index is 839. The first-order chi connectivity index (χ1) is 13.0. The second-order valence-corrected chi connectivity index (χ2v) is 8.16. The smallest absolute Gasteiger partial charge is 0.253 e. The van der Waals surface area contributed by atoms with Gasteiger partial charge >= 0.3 is 0 Å². The summed E-state index contributed by atoms with van der Waals surface area (Å²) in [6.07, 6.45) is 7.22. The highest BCUT2D eigenvalue weighted by Gasteiger charge is 2.31. The number of hydrogen-bond donors (Lipinski definition) is 0. The molecule has 0 bridgehead atoms. The molecular formula is C22H30N4O. The van der Waals surface area contributed by atoms with Crippen molar-refractivity contribution < 1.29 is 4.79 Å². The van der Waals surface area contributed by atoms with Gasteiger partial charge < -0.3 is 9.47 Å². The van der Waals surface area contributed by atoms with E-state index in [1.54, 1.807) is 19.0 Å². The van der Waals surface area contributed by atoms with Crippen LogP contribution >= 0.6 is 0 Å². The van der Waals surface area contributed by atoms with Gasteiger partial charge in [-0.1, -0.05) is 12.1 Å². The number of aryl methyl sites for hydroxylation is 1. The Morgan fingerprint density at radius 3 is 2.81 bits per heavy atom. The molecule has 2 aliphatic rings. The molecule has 1 aliphatic heterocycles. The lowest BCUT2D eigenvalue weighted by Gasteiger charge is -2.24. The average molecular weight is 367 g/mol. The minimum atomic E-state index is 0.0617. The van der Waals surface area contributed by atoms with E-state index < -0.39 is 0 Å². The summed E-state index contributed by atoms with van der Waals surface area (Å²) in [7, 11) is 5.79. The minimum Gasteiger partial charge on any atom is -0.345 e. The van der Waals surface area contributed by atoms with E-state index in [4.69, 9.17) is 4.98 Å². The molecule has 4 rings (SSSR count). The molecule has 0 N–H and O–H groups in total. The van der Waals surface area contributed by atoms with Crippen LogP contribution in [-0.2, 0) is 26.4 Å². The molecule has 0 unspecified atom stereocenters. The molecule has 0 spiro atoms. The maximum absolute atomic E-state index is 12.3. The fourth-order valence-corrected chi connectivity index (χ4v) is 4.61. The van der Waals surface area contributed by atoms with Crippen LogP contribution in [0.4, 0.5) is 0 Å². The second-order valence-electron chi connectivity index (χ2n) is 8.16. The predicted molar refractivity (Wildman–Crippen MR) is 107 cm³/mol. The second kappa shape index (κ2) is 7.47. The first kappa shape index (κ1) is 18.2. The van der Waals surface area contributed by atoms with Crippen molar-refractivity contribution in [3.63, 3.8) is 0 Å². The molecule has 1 atom stereocenters. The highest BCUT2D eigenvalue weighted by atomic mass is 16.2. The molecule has 1 aromatic carbocycles. The van der Waals surface area contributed by atoms with Crippen molar-refractivity contribution in [1.82, 2.24) is 19.4 Å². The summed E-state index contributed by atoms with van der Waals surface area (Å²) < 4.78 is 2.36. The van der Waals surface area contributed by atoms with E-state index in [2.05, 4.69) is 22.6 Å². The van der Waals surface area contributed by atoms with Crippen molar-refractivity contribution in [3.8, 4) is 0 Å². The number of imidazole rings is 1. The van der Waals surface area contributed by atoms with Crippen molar-refractivity contribution in [2.24, 2.45) is 7.05 Å². The van der Waals surface area contributed by atoms with Crippen LogP contribution in [0, 0.1) is 0 Å². The third kappa shape index (κ3) is 3.53. The van der Waals surface area contributed by atoms with Gasteiger partial charge in [-0.05, 0) is 62.8 Å². The molecule has 1 fully saturated rings. The van der Waals surface area contributed by atoms with Crippen LogP contribution in [0.25, 0.3) is 0 Å². The van der Waals surface area contributed by atoms with Crippen LogP contribution in [-0.4, -0.2) is 45.9 Å². The lowest BCUT2D eigenvalue weighted by molar-refractivity contribution is 0.0827. The van der Waals surface area contributed by atoms with Gasteiger partial charge in [-0.15, -0.1) is 0 Å². The number of fused-ring (bicyclic) bond motifs is 1. The summed E-state index contributed by atoms with van der Waals surface area (Å²) in [4.78, 5) is 21.5. The van der Waals surface area contributed by atoms with Crippen LogP contribution < -0.4 is 0 Å². The van der Waals surface area contributed by atoms with Crippen LogP contribution in [0.5, 0.6) is 0 Å². The molecule has 1 aromatic heterocycles. The van der Waals surface area contributed by atoms with E-state index in [0.717, 1.165) is 25.1 Å². The summed E-state index contributed by atoms with van der Waals surface area (Å²) in [6.45, 7) is 1.96. The Balaban J connectivity index is 1.55. The number of carbonyl (C=O) groups is 1. The highest BCUT2D eigenvalue weighted by molar-refractivity contribution is 5.94. The van der Waals surface area contributed by atoms with Crippen molar-refractivity contribution >= 4 is 5.91 Å². The van der Waals surface area contributed by atoms with Crippen LogP contribution in [0.15, 0.2) is 24.3 Å². The topological polar surface area (TPSA) is 41.4 Å². The number of amides is 1. The molecule has 1 saturated heterocycles. The van der Waals surface area contributed by atoms with Crippen molar-refractivity contribution in [2.45, 2.75) is 51.1 Å². The van der Waals surface area contributed by atoms with Gasteiger partial charge in [0, 0.05) is 38.9 Å². The Morgan fingerprint density at radius 1 is 1.22 bits per heavy atom. The zero-order chi connectivity index (χ0) is 19.0. The number of benzene rings is 1. The minimum absolute atomic E-state index is 0.0617. The normalized spacial score (nSPS) is 19.9. The number of carbonyl (C=O) groups excluding carboxylic acids is 1. The van der Waals surface area contributed by atoms with E-state index in [1.165, 1.54) is 54.9 Å². The van der Waals surface area contributed by atoms with Gasteiger partial charge in [0.1, 0.15) is 5.82 Å². The molecule has 5 nitrogen and oxygen atoms in total. The van der Waals surface area contributed by atoms with Crippen LogP contribution in [0.1, 0.15) is 64.9 Å². The Kier molecular flexibility index (Phi) is 5.04. The third-order valence-electron chi connectivity index (χ3n) is 6.04. The lowest BCUT2D eigenvalue weighted by atomic mass is 10.0. The molecule has 1 aliphatic carbocycles. The first-order valence-electron chi connectivity index (χ1n) is 10.1. The summed E-state index contributed by atoms with van der Waals surface area (Å²) in [5.41, 5.74) is 4.74. The first-order valence-corrected chi connectivity index (χ1v) is 10.1. The lowest BCUT2D eigenvalue weighted by Crippen LogP contribution is -2.25. The molecule has 2 heterocycles. The maximum Gasteiger partial charge on any atom is 0.253 e. The maximum atomic E-state index is 12.3. The van der Waals surface area contributed by atoms with E-state index in [0.29, 0.717) is 6.04 Å².